The van der Waals surface area contributed by atoms with Crippen LogP contribution >= 0.6 is 0 Å². The zero-order chi connectivity index (χ0) is 23.5. The smallest absolute Gasteiger partial charge is 0.435 e. The van der Waals surface area contributed by atoms with E-state index in [1.807, 2.05) is 0 Å². The van der Waals surface area contributed by atoms with Crippen molar-refractivity contribution in [2.24, 2.45) is 0 Å². The highest BCUT2D eigenvalue weighted by Gasteiger charge is 2.40. The summed E-state index contributed by atoms with van der Waals surface area (Å²) in [6, 6.07) is 1.84. The van der Waals surface area contributed by atoms with Gasteiger partial charge in [-0.1, -0.05) is 0 Å². The minimum Gasteiger partial charge on any atom is -0.482 e. The molecule has 0 N–H and O–H groups in total. The van der Waals surface area contributed by atoms with Crippen LogP contribution in [0.2, 0.25) is 0 Å². The Bertz CT molecular complexity index is 1040. The van der Waals surface area contributed by atoms with Gasteiger partial charge in [0.15, 0.2) is 5.69 Å². The highest BCUT2D eigenvalue weighted by Crippen LogP contribution is 2.35. The number of halogens is 9. The fourth-order valence-corrected chi connectivity index (χ4v) is 3.47. The number of hydrogen-bond acceptors (Lipinski definition) is 2. The maximum absolute atomic E-state index is 13.6. The van der Waals surface area contributed by atoms with Crippen LogP contribution in [0.15, 0.2) is 24.4 Å². The van der Waals surface area contributed by atoms with E-state index in [1.165, 1.54) is 13.8 Å². The molecule has 1 unspecified atom stereocenters. The van der Waals surface area contributed by atoms with Crippen LogP contribution in [-0.4, -0.2) is 31.0 Å². The van der Waals surface area contributed by atoms with Gasteiger partial charge in [-0.3, -0.25) is 0 Å². The highest BCUT2D eigenvalue weighted by atomic mass is 19.4. The van der Waals surface area contributed by atoms with Crippen LogP contribution in [0.5, 0.6) is 0 Å². The summed E-state index contributed by atoms with van der Waals surface area (Å²) in [7, 11) is -3.29. The molecule has 0 fully saturated rings. The topological polar surface area (TPSA) is 40.6 Å². The Kier molecular flexibility index (Phi) is 5.22. The van der Waals surface area contributed by atoms with E-state index in [1.54, 1.807) is 0 Å². The Labute approximate surface area is 169 Å². The molecule has 0 aliphatic carbocycles. The van der Waals surface area contributed by atoms with Gasteiger partial charge in [0.25, 0.3) is 0 Å². The lowest BCUT2D eigenvalue weighted by Crippen LogP contribution is -2.47. The summed E-state index contributed by atoms with van der Waals surface area (Å²) in [4.78, 5) is 0. The molecule has 3 heterocycles. The average Bonchev–Trinajstić information content (AvgIpc) is 3.25. The summed E-state index contributed by atoms with van der Waals surface area (Å²) >= 11 is 0. The lowest BCUT2D eigenvalue weighted by atomic mass is 9.91. The number of aromatic nitrogens is 5. The summed E-state index contributed by atoms with van der Waals surface area (Å²) < 4.78 is 122. The third-order valence-electron chi connectivity index (χ3n) is 4.63. The van der Waals surface area contributed by atoms with Crippen LogP contribution in [0, 0.1) is 20.8 Å². The average molecular weight is 458 g/mol. The van der Waals surface area contributed by atoms with Gasteiger partial charge in [-0.25, -0.2) is 10.2 Å². The first-order valence-corrected chi connectivity index (χ1v) is 8.70. The highest BCUT2D eigenvalue weighted by molar-refractivity contribution is 6.53. The van der Waals surface area contributed by atoms with Crippen molar-refractivity contribution < 1.29 is 39.5 Å². The standard InChI is InChI=1S/C16H14BF9N5/c1-8-4-12(15(21,22)23)29(7-8)17(30-10(3)6-11(28-30)14(18,19)20)31-13(16(24,25)26)5-9(2)27-31/h4-7,17H,1-3H3/q-1. The van der Waals surface area contributed by atoms with E-state index in [4.69, 9.17) is 0 Å². The van der Waals surface area contributed by atoms with Gasteiger partial charge >= 0.3 is 25.6 Å². The van der Waals surface area contributed by atoms with Crippen molar-refractivity contribution in [2.45, 2.75) is 39.3 Å². The molecular formula is C16H14BF9N5-. The zero-order valence-corrected chi connectivity index (χ0v) is 16.2. The maximum Gasteiger partial charge on any atom is 0.435 e. The summed E-state index contributed by atoms with van der Waals surface area (Å²) in [5.41, 5.74) is -4.61. The molecule has 0 aromatic carbocycles. The molecule has 170 valence electrons. The minimum atomic E-state index is -5.03. The Morgan fingerprint density at radius 2 is 1.29 bits per heavy atom. The molecular weight excluding hydrogens is 444 g/mol. The molecule has 3 aromatic heterocycles. The van der Waals surface area contributed by atoms with Gasteiger partial charge in [-0.05, 0) is 56.4 Å². The summed E-state index contributed by atoms with van der Waals surface area (Å²) in [5, 5.41) is 6.99. The summed E-state index contributed by atoms with van der Waals surface area (Å²) in [6.07, 6.45) is -14.1. The molecule has 1 atom stereocenters. The van der Waals surface area contributed by atoms with Gasteiger partial charge in [0.1, 0.15) is 5.69 Å². The van der Waals surface area contributed by atoms with E-state index >= 15 is 0 Å². The molecule has 5 nitrogen and oxygen atoms in total. The van der Waals surface area contributed by atoms with Gasteiger partial charge in [-0.2, -0.15) is 39.5 Å². The second-order valence-corrected chi connectivity index (χ2v) is 7.13. The fraction of sp³-hybridized carbons (Fsp3) is 0.375. The van der Waals surface area contributed by atoms with E-state index in [0.717, 1.165) is 13.1 Å². The monoisotopic (exact) mass is 458 g/mol. The number of rotatable bonds is 3. The van der Waals surface area contributed by atoms with E-state index in [0.29, 0.717) is 27.3 Å². The van der Waals surface area contributed by atoms with Crippen LogP contribution < -0.4 is 0 Å². The number of nitrogens with zero attached hydrogens (tertiary/aromatic N) is 5. The van der Waals surface area contributed by atoms with Crippen molar-refractivity contribution in [1.82, 2.24) is 23.9 Å². The van der Waals surface area contributed by atoms with Gasteiger partial charge in [0, 0.05) is 0 Å². The van der Waals surface area contributed by atoms with Crippen molar-refractivity contribution in [1.29, 1.82) is 0 Å². The number of hydrogen-bond donors (Lipinski definition) is 0. The Hall–Kier alpha value is -2.87. The summed E-state index contributed by atoms with van der Waals surface area (Å²) in [6.45, 7) is 3.57. The Morgan fingerprint density at radius 3 is 1.77 bits per heavy atom. The number of aryl methyl sites for hydroxylation is 3. The second kappa shape index (κ2) is 7.09. The molecule has 0 bridgehead atoms. The maximum atomic E-state index is 13.6. The van der Waals surface area contributed by atoms with Crippen molar-refractivity contribution in [2.75, 3.05) is 0 Å². The Balaban J connectivity index is 2.38. The number of alkyl halides is 9. The molecule has 3 aromatic rings. The Morgan fingerprint density at radius 1 is 0.710 bits per heavy atom. The van der Waals surface area contributed by atoms with Crippen molar-refractivity contribution >= 4 is 7.12 Å². The molecule has 0 saturated heterocycles. The predicted molar refractivity (Wildman–Crippen MR) is 91.4 cm³/mol. The van der Waals surface area contributed by atoms with Crippen molar-refractivity contribution in [3.05, 3.63) is 58.4 Å². The van der Waals surface area contributed by atoms with Crippen LogP contribution in [0.1, 0.15) is 34.0 Å². The molecule has 15 heteroatoms. The third kappa shape index (κ3) is 4.30. The van der Waals surface area contributed by atoms with Crippen molar-refractivity contribution in [3.8, 4) is 0 Å². The van der Waals surface area contributed by atoms with Gasteiger partial charge in [0.05, 0.1) is 11.4 Å². The quantitative estimate of drug-likeness (QED) is 0.428. The second-order valence-electron chi connectivity index (χ2n) is 7.13. The van der Waals surface area contributed by atoms with Crippen LogP contribution in [0.4, 0.5) is 39.5 Å². The lowest BCUT2D eigenvalue weighted by Gasteiger charge is -2.33. The van der Waals surface area contributed by atoms with E-state index in [9.17, 15) is 39.5 Å². The first-order valence-electron chi connectivity index (χ1n) is 8.70. The minimum absolute atomic E-state index is 0.0446. The van der Waals surface area contributed by atoms with Gasteiger partial charge in [-0.15, -0.1) is 0 Å². The molecule has 0 spiro atoms. The SMILES string of the molecule is Cc1cc(C(F)(F)F)n([BH-](n2nc(C(F)(F)F)cc2C)n2nc(C)cc2C(F)(F)F)c1. The first kappa shape index (κ1) is 22.8. The zero-order valence-electron chi connectivity index (χ0n) is 16.2. The van der Waals surface area contributed by atoms with Crippen LogP contribution in [0.25, 0.3) is 0 Å². The molecule has 0 radical (unpaired) electrons. The van der Waals surface area contributed by atoms with E-state index < -0.39 is 42.7 Å². The summed E-state index contributed by atoms with van der Waals surface area (Å²) in [5.74, 6) is 0. The lowest BCUT2D eigenvalue weighted by molar-refractivity contribution is -0.143. The molecule has 0 saturated carbocycles. The van der Waals surface area contributed by atoms with E-state index in [-0.39, 0.29) is 21.5 Å². The van der Waals surface area contributed by atoms with Crippen LogP contribution in [-0.2, 0) is 18.5 Å². The van der Waals surface area contributed by atoms with Crippen molar-refractivity contribution in [3.63, 3.8) is 0 Å². The van der Waals surface area contributed by atoms with Gasteiger partial charge < -0.3 is 13.7 Å². The molecule has 3 rings (SSSR count). The molecule has 0 aliphatic heterocycles. The van der Waals surface area contributed by atoms with Crippen LogP contribution in [0.3, 0.4) is 0 Å². The first-order chi connectivity index (χ1) is 14.0. The largest absolute Gasteiger partial charge is 0.482 e. The molecule has 31 heavy (non-hydrogen) atoms. The normalized spacial score (nSPS) is 14.3. The molecule has 0 aliphatic rings. The van der Waals surface area contributed by atoms with E-state index in [2.05, 4.69) is 10.2 Å². The molecule has 0 amide bonds. The fourth-order valence-electron chi connectivity index (χ4n) is 3.47. The van der Waals surface area contributed by atoms with Gasteiger partial charge in [0.2, 0.25) is 0 Å². The third-order valence-corrected chi connectivity index (χ3v) is 4.63. The predicted octanol–water partition coefficient (Wildman–Crippen LogP) is 4.52.